The highest BCUT2D eigenvalue weighted by Gasteiger charge is 2.11. The molecule has 6 nitrogen and oxygen atoms in total. The highest BCUT2D eigenvalue weighted by Crippen LogP contribution is 2.23. The van der Waals surface area contributed by atoms with E-state index in [2.05, 4.69) is 17.2 Å². The van der Waals surface area contributed by atoms with Gasteiger partial charge in [0.15, 0.2) is 0 Å². The molecular weight excluding hydrogens is 366 g/mol. The van der Waals surface area contributed by atoms with Gasteiger partial charge >= 0.3 is 12.0 Å². The largest absolute Gasteiger partial charge is 0.481 e. The van der Waals surface area contributed by atoms with E-state index in [0.29, 0.717) is 13.0 Å². The molecule has 0 saturated heterocycles. The Morgan fingerprint density at radius 1 is 1.07 bits per heavy atom. The van der Waals surface area contributed by atoms with Crippen LogP contribution in [0.3, 0.4) is 0 Å². The maximum Gasteiger partial charge on any atom is 0.321 e. The molecule has 1 heterocycles. The smallest absolute Gasteiger partial charge is 0.321 e. The first-order valence-electron chi connectivity index (χ1n) is 10.3. The van der Waals surface area contributed by atoms with Crippen molar-refractivity contribution < 1.29 is 14.7 Å². The van der Waals surface area contributed by atoms with Crippen molar-refractivity contribution in [3.8, 4) is 11.3 Å². The molecule has 2 N–H and O–H groups in total. The van der Waals surface area contributed by atoms with Gasteiger partial charge < -0.3 is 10.4 Å². The van der Waals surface area contributed by atoms with E-state index >= 15 is 0 Å². The third-order valence-corrected chi connectivity index (χ3v) is 4.87. The lowest BCUT2D eigenvalue weighted by molar-refractivity contribution is -0.136. The minimum Gasteiger partial charge on any atom is -0.481 e. The molecule has 0 aliphatic carbocycles. The fourth-order valence-corrected chi connectivity index (χ4v) is 3.04. The minimum atomic E-state index is -0.800. The molecule has 2 amide bonds. The van der Waals surface area contributed by atoms with E-state index in [9.17, 15) is 9.59 Å². The molecule has 1 aromatic carbocycles. The average Bonchev–Trinajstić information content (AvgIpc) is 2.74. The Bertz CT molecular complexity index is 790. The summed E-state index contributed by atoms with van der Waals surface area (Å²) < 4.78 is 0. The molecule has 0 fully saturated rings. The standard InChI is InChI=1S/C23H31N3O3/c1-3-4-5-6-7-15-25-23(29)26(2)20-14-16-24-21(17-20)19-11-8-18(9-12-19)10-13-22(27)28/h8-9,11-12,14,16-17H,3-7,10,13,15H2,1-2H3,(H,25,29)(H,27,28). The number of carboxylic acid groups (broad SMARTS) is 1. The van der Waals surface area contributed by atoms with E-state index in [-0.39, 0.29) is 12.5 Å². The average molecular weight is 398 g/mol. The third kappa shape index (κ3) is 7.56. The van der Waals surface area contributed by atoms with Crippen LogP contribution in [0.4, 0.5) is 10.5 Å². The molecule has 29 heavy (non-hydrogen) atoms. The predicted molar refractivity (Wildman–Crippen MR) is 116 cm³/mol. The van der Waals surface area contributed by atoms with Crippen LogP contribution in [0.2, 0.25) is 0 Å². The lowest BCUT2D eigenvalue weighted by Crippen LogP contribution is -2.37. The second-order valence-corrected chi connectivity index (χ2v) is 7.20. The highest BCUT2D eigenvalue weighted by atomic mass is 16.4. The molecule has 0 aliphatic heterocycles. The number of carbonyl (C=O) groups is 2. The van der Waals surface area contributed by atoms with Crippen molar-refractivity contribution in [2.45, 2.75) is 51.9 Å². The molecule has 6 heteroatoms. The summed E-state index contributed by atoms with van der Waals surface area (Å²) >= 11 is 0. The normalized spacial score (nSPS) is 10.6. The number of aryl methyl sites for hydroxylation is 1. The zero-order chi connectivity index (χ0) is 21.1. The molecule has 1 aromatic heterocycles. The highest BCUT2D eigenvalue weighted by molar-refractivity contribution is 5.91. The zero-order valence-electron chi connectivity index (χ0n) is 17.4. The SMILES string of the molecule is CCCCCCCNC(=O)N(C)c1ccnc(-c2ccc(CCC(=O)O)cc2)c1. The Labute approximate surface area is 173 Å². The zero-order valence-corrected chi connectivity index (χ0v) is 17.4. The topological polar surface area (TPSA) is 82.5 Å². The first kappa shape index (κ1) is 22.4. The quantitative estimate of drug-likeness (QED) is 0.529. The molecule has 0 aliphatic rings. The number of anilines is 1. The Hall–Kier alpha value is -2.89. The van der Waals surface area contributed by atoms with Crippen molar-refractivity contribution in [2.75, 3.05) is 18.5 Å². The van der Waals surface area contributed by atoms with Crippen molar-refractivity contribution in [2.24, 2.45) is 0 Å². The van der Waals surface area contributed by atoms with Gasteiger partial charge in [-0.1, -0.05) is 56.9 Å². The fourth-order valence-electron chi connectivity index (χ4n) is 3.04. The molecule has 0 spiro atoms. The van der Waals surface area contributed by atoms with Crippen molar-refractivity contribution in [1.29, 1.82) is 0 Å². The van der Waals surface area contributed by atoms with Crippen LogP contribution in [0.1, 0.15) is 51.0 Å². The number of rotatable bonds is 11. The number of aliphatic carboxylic acids is 1. The van der Waals surface area contributed by atoms with Crippen LogP contribution in [0.15, 0.2) is 42.6 Å². The summed E-state index contributed by atoms with van der Waals surface area (Å²) in [5.41, 5.74) is 3.44. The van der Waals surface area contributed by atoms with E-state index in [4.69, 9.17) is 5.11 Å². The van der Waals surface area contributed by atoms with Crippen molar-refractivity contribution in [1.82, 2.24) is 10.3 Å². The van der Waals surface area contributed by atoms with Crippen molar-refractivity contribution >= 4 is 17.7 Å². The number of amides is 2. The van der Waals surface area contributed by atoms with Gasteiger partial charge in [-0.3, -0.25) is 14.7 Å². The Kier molecular flexibility index (Phi) is 9.15. The Morgan fingerprint density at radius 3 is 2.48 bits per heavy atom. The summed E-state index contributed by atoms with van der Waals surface area (Å²) in [7, 11) is 1.75. The first-order chi connectivity index (χ1) is 14.0. The Balaban J connectivity index is 1.94. The van der Waals surface area contributed by atoms with Crippen LogP contribution < -0.4 is 10.2 Å². The fraction of sp³-hybridized carbons (Fsp3) is 0.435. The molecule has 0 atom stereocenters. The van der Waals surface area contributed by atoms with Gasteiger partial charge in [-0.2, -0.15) is 0 Å². The lowest BCUT2D eigenvalue weighted by atomic mass is 10.0. The second kappa shape index (κ2) is 11.8. The number of hydrogen-bond donors (Lipinski definition) is 2. The molecule has 156 valence electrons. The monoisotopic (exact) mass is 397 g/mol. The van der Waals surface area contributed by atoms with E-state index in [0.717, 1.165) is 35.3 Å². The van der Waals surface area contributed by atoms with Crippen LogP contribution >= 0.6 is 0 Å². The summed E-state index contributed by atoms with van der Waals surface area (Å²) in [6, 6.07) is 11.3. The summed E-state index contributed by atoms with van der Waals surface area (Å²) in [5, 5.41) is 11.8. The van der Waals surface area contributed by atoms with Crippen LogP contribution in [0, 0.1) is 0 Å². The molecule has 0 radical (unpaired) electrons. The summed E-state index contributed by atoms with van der Waals surface area (Å²) in [6.07, 6.45) is 8.12. The number of pyridine rings is 1. The van der Waals surface area contributed by atoms with E-state index in [1.165, 1.54) is 19.3 Å². The van der Waals surface area contributed by atoms with Crippen molar-refractivity contribution in [3.05, 3.63) is 48.2 Å². The van der Waals surface area contributed by atoms with Gasteiger partial charge in [-0.05, 0) is 30.5 Å². The maximum absolute atomic E-state index is 12.4. The minimum absolute atomic E-state index is 0.117. The molecule has 0 bridgehead atoms. The summed E-state index contributed by atoms with van der Waals surface area (Å²) in [5.74, 6) is -0.800. The van der Waals surface area contributed by atoms with E-state index in [1.807, 2.05) is 36.4 Å². The van der Waals surface area contributed by atoms with Crippen molar-refractivity contribution in [3.63, 3.8) is 0 Å². The van der Waals surface area contributed by atoms with E-state index < -0.39 is 5.97 Å². The lowest BCUT2D eigenvalue weighted by Gasteiger charge is -2.18. The first-order valence-corrected chi connectivity index (χ1v) is 10.3. The number of urea groups is 1. The van der Waals surface area contributed by atoms with Gasteiger partial charge in [0.2, 0.25) is 0 Å². The van der Waals surface area contributed by atoms with Gasteiger partial charge in [0.25, 0.3) is 0 Å². The van der Waals surface area contributed by atoms with Crippen LogP contribution in [-0.2, 0) is 11.2 Å². The second-order valence-electron chi connectivity index (χ2n) is 7.20. The number of nitrogens with zero attached hydrogens (tertiary/aromatic N) is 2. The van der Waals surface area contributed by atoms with Crippen LogP contribution in [-0.4, -0.2) is 35.7 Å². The number of hydrogen-bond acceptors (Lipinski definition) is 3. The summed E-state index contributed by atoms with van der Waals surface area (Å²) in [6.45, 7) is 2.87. The Morgan fingerprint density at radius 2 is 1.79 bits per heavy atom. The van der Waals surface area contributed by atoms with Gasteiger partial charge in [0.05, 0.1) is 5.69 Å². The molecular formula is C23H31N3O3. The molecule has 0 unspecified atom stereocenters. The van der Waals surface area contributed by atoms with Gasteiger partial charge in [0, 0.05) is 37.5 Å². The number of benzene rings is 1. The summed E-state index contributed by atoms with van der Waals surface area (Å²) in [4.78, 5) is 29.1. The molecule has 0 saturated carbocycles. The number of aromatic nitrogens is 1. The molecule has 2 rings (SSSR count). The maximum atomic E-state index is 12.4. The van der Waals surface area contributed by atoms with E-state index in [1.54, 1.807) is 18.1 Å². The van der Waals surface area contributed by atoms with Gasteiger partial charge in [0.1, 0.15) is 0 Å². The van der Waals surface area contributed by atoms with Crippen LogP contribution in [0.25, 0.3) is 11.3 Å². The molecule has 2 aromatic rings. The number of carboxylic acids is 1. The third-order valence-electron chi connectivity index (χ3n) is 4.87. The number of nitrogens with one attached hydrogen (secondary N) is 1. The van der Waals surface area contributed by atoms with Gasteiger partial charge in [-0.25, -0.2) is 4.79 Å². The van der Waals surface area contributed by atoms with Crippen LogP contribution in [0.5, 0.6) is 0 Å². The predicted octanol–water partition coefficient (Wildman–Crippen LogP) is 4.88. The van der Waals surface area contributed by atoms with Gasteiger partial charge in [-0.15, -0.1) is 0 Å². The number of unbranched alkanes of at least 4 members (excludes halogenated alkanes) is 4. The number of carbonyl (C=O) groups excluding carboxylic acids is 1.